The summed E-state index contributed by atoms with van der Waals surface area (Å²) in [4.78, 5) is 0. The Kier molecular flexibility index (Phi) is 3.92. The van der Waals surface area contributed by atoms with Crippen molar-refractivity contribution in [2.45, 2.75) is 24.5 Å². The normalized spacial score (nSPS) is 21.4. The van der Waals surface area contributed by atoms with E-state index in [9.17, 15) is 8.42 Å². The van der Waals surface area contributed by atoms with Crippen LogP contribution < -0.4 is 4.72 Å². The first-order chi connectivity index (χ1) is 9.49. The summed E-state index contributed by atoms with van der Waals surface area (Å²) in [5.74, 6) is 0. The summed E-state index contributed by atoms with van der Waals surface area (Å²) in [6.07, 6.45) is 3.11. The zero-order valence-corrected chi connectivity index (χ0v) is 13.5. The highest BCUT2D eigenvalue weighted by Crippen LogP contribution is 2.48. The van der Waals surface area contributed by atoms with Gasteiger partial charge in [-0.1, -0.05) is 28.1 Å². The molecule has 0 spiro atoms. The van der Waals surface area contributed by atoms with E-state index in [-0.39, 0.29) is 10.7 Å². The molecule has 0 aromatic heterocycles. The first kappa shape index (κ1) is 14.5. The number of hydrogen-bond donors (Lipinski definition) is 1. The van der Waals surface area contributed by atoms with E-state index in [0.29, 0.717) is 19.8 Å². The number of halogens is 1. The second-order valence-electron chi connectivity index (χ2n) is 5.83. The van der Waals surface area contributed by atoms with Crippen molar-refractivity contribution in [2.24, 2.45) is 5.41 Å². The van der Waals surface area contributed by atoms with Gasteiger partial charge >= 0.3 is 0 Å². The molecule has 0 bridgehead atoms. The van der Waals surface area contributed by atoms with Gasteiger partial charge in [-0.15, -0.1) is 0 Å². The number of sulfonamides is 1. The lowest BCUT2D eigenvalue weighted by Crippen LogP contribution is -2.48. The third-order valence-electron chi connectivity index (χ3n) is 4.14. The molecule has 1 aliphatic heterocycles. The van der Waals surface area contributed by atoms with Gasteiger partial charge in [-0.25, -0.2) is 13.1 Å². The molecular weight excluding hydrogens is 342 g/mol. The molecule has 1 aromatic rings. The first-order valence-electron chi connectivity index (χ1n) is 6.80. The monoisotopic (exact) mass is 359 g/mol. The lowest BCUT2D eigenvalue weighted by atomic mass is 9.97. The van der Waals surface area contributed by atoms with Gasteiger partial charge in [0.25, 0.3) is 0 Å². The molecule has 110 valence electrons. The molecule has 0 amide bonds. The van der Waals surface area contributed by atoms with Gasteiger partial charge in [-0.2, -0.15) is 0 Å². The minimum absolute atomic E-state index is 0.117. The van der Waals surface area contributed by atoms with Crippen LogP contribution in [0.5, 0.6) is 0 Å². The van der Waals surface area contributed by atoms with Gasteiger partial charge in [0.05, 0.1) is 13.2 Å². The summed E-state index contributed by atoms with van der Waals surface area (Å²) in [5.41, 5.74) is 1.38. The van der Waals surface area contributed by atoms with Crippen LogP contribution in [-0.2, 0) is 21.2 Å². The third kappa shape index (κ3) is 3.24. The number of rotatable bonds is 6. The van der Waals surface area contributed by atoms with Crippen LogP contribution in [-0.4, -0.2) is 33.4 Å². The molecule has 6 heteroatoms. The maximum absolute atomic E-state index is 12.0. The molecule has 1 saturated heterocycles. The largest absolute Gasteiger partial charge is 0.378 e. The Labute approximate surface area is 128 Å². The lowest BCUT2D eigenvalue weighted by Gasteiger charge is -2.27. The highest BCUT2D eigenvalue weighted by atomic mass is 79.9. The molecule has 1 heterocycles. The quantitative estimate of drug-likeness (QED) is 0.845. The third-order valence-corrected chi connectivity index (χ3v) is 6.37. The van der Waals surface area contributed by atoms with Crippen LogP contribution in [0.15, 0.2) is 28.7 Å². The molecule has 0 atom stereocenters. The van der Waals surface area contributed by atoms with Crippen molar-refractivity contribution in [3.8, 4) is 0 Å². The topological polar surface area (TPSA) is 55.4 Å². The Balaban J connectivity index is 1.58. The Morgan fingerprint density at radius 3 is 2.40 bits per heavy atom. The van der Waals surface area contributed by atoms with E-state index < -0.39 is 10.0 Å². The van der Waals surface area contributed by atoms with E-state index in [1.165, 1.54) is 5.56 Å². The molecule has 1 N–H and O–H groups in total. The van der Waals surface area contributed by atoms with Crippen molar-refractivity contribution in [1.29, 1.82) is 0 Å². The van der Waals surface area contributed by atoms with Crippen molar-refractivity contribution in [3.63, 3.8) is 0 Å². The van der Waals surface area contributed by atoms with Crippen LogP contribution in [0.2, 0.25) is 0 Å². The van der Waals surface area contributed by atoms with Gasteiger partial charge in [0.1, 0.15) is 5.25 Å². The van der Waals surface area contributed by atoms with E-state index in [2.05, 4.69) is 32.8 Å². The molecule has 20 heavy (non-hydrogen) atoms. The Bertz CT molecular complexity index is 577. The summed E-state index contributed by atoms with van der Waals surface area (Å²) < 4.78 is 32.8. The van der Waals surface area contributed by atoms with Crippen molar-refractivity contribution >= 4 is 26.0 Å². The standard InChI is InChI=1S/C14H18BrNO3S/c15-12-3-1-11(2-4-12)7-14(5-6-14)10-16-20(17,18)13-8-19-9-13/h1-4,13,16H,5-10H2. The van der Waals surface area contributed by atoms with Gasteiger partial charge in [-0.3, -0.25) is 0 Å². The first-order valence-corrected chi connectivity index (χ1v) is 9.14. The maximum Gasteiger partial charge on any atom is 0.219 e. The summed E-state index contributed by atoms with van der Waals surface area (Å²) in [6, 6.07) is 8.25. The number of ether oxygens (including phenoxy) is 1. The van der Waals surface area contributed by atoms with Crippen LogP contribution >= 0.6 is 15.9 Å². The molecular formula is C14H18BrNO3S. The minimum Gasteiger partial charge on any atom is -0.378 e. The van der Waals surface area contributed by atoms with Gasteiger partial charge < -0.3 is 4.74 Å². The summed E-state index contributed by atoms with van der Waals surface area (Å²) in [7, 11) is -3.20. The highest BCUT2D eigenvalue weighted by Gasteiger charge is 2.44. The van der Waals surface area contributed by atoms with E-state index in [1.807, 2.05) is 12.1 Å². The van der Waals surface area contributed by atoms with E-state index in [1.54, 1.807) is 0 Å². The summed E-state index contributed by atoms with van der Waals surface area (Å²) >= 11 is 3.42. The van der Waals surface area contributed by atoms with Gasteiger partial charge in [-0.05, 0) is 42.4 Å². The Morgan fingerprint density at radius 1 is 1.25 bits per heavy atom. The van der Waals surface area contributed by atoms with Crippen LogP contribution in [0.25, 0.3) is 0 Å². The molecule has 1 aliphatic carbocycles. The van der Waals surface area contributed by atoms with E-state index >= 15 is 0 Å². The molecule has 0 radical (unpaired) electrons. The van der Waals surface area contributed by atoms with Crippen LogP contribution in [0, 0.1) is 5.41 Å². The maximum atomic E-state index is 12.0. The molecule has 4 nitrogen and oxygen atoms in total. The van der Waals surface area contributed by atoms with Crippen molar-refractivity contribution < 1.29 is 13.2 Å². The fourth-order valence-electron chi connectivity index (χ4n) is 2.39. The van der Waals surface area contributed by atoms with Gasteiger partial charge in [0, 0.05) is 11.0 Å². The molecule has 3 rings (SSSR count). The zero-order chi connectivity index (χ0) is 14.2. The summed E-state index contributed by atoms with van der Waals surface area (Å²) in [5, 5.41) is -0.356. The van der Waals surface area contributed by atoms with Gasteiger partial charge in [0.15, 0.2) is 0 Å². The Morgan fingerprint density at radius 2 is 1.90 bits per heavy atom. The Hall–Kier alpha value is -0.430. The summed E-state index contributed by atoms with van der Waals surface area (Å²) in [6.45, 7) is 1.20. The minimum atomic E-state index is -3.20. The lowest BCUT2D eigenvalue weighted by molar-refractivity contribution is 0.0410. The SMILES string of the molecule is O=S(=O)(NCC1(Cc2ccc(Br)cc2)CC1)C1COC1. The predicted molar refractivity (Wildman–Crippen MR) is 81.0 cm³/mol. The fourth-order valence-corrected chi connectivity index (χ4v) is 3.95. The van der Waals surface area contributed by atoms with Crippen LogP contribution in [0.4, 0.5) is 0 Å². The number of benzene rings is 1. The smallest absolute Gasteiger partial charge is 0.219 e. The highest BCUT2D eigenvalue weighted by molar-refractivity contribution is 9.10. The van der Waals surface area contributed by atoms with Crippen LogP contribution in [0.3, 0.4) is 0 Å². The second-order valence-corrected chi connectivity index (χ2v) is 8.79. The molecule has 2 fully saturated rings. The number of nitrogens with one attached hydrogen (secondary N) is 1. The second kappa shape index (κ2) is 5.40. The predicted octanol–water partition coefficient (Wildman–Crippen LogP) is 2.09. The van der Waals surface area contributed by atoms with E-state index in [4.69, 9.17) is 4.74 Å². The van der Waals surface area contributed by atoms with E-state index in [0.717, 1.165) is 23.7 Å². The van der Waals surface area contributed by atoms with Crippen molar-refractivity contribution in [1.82, 2.24) is 4.72 Å². The fraction of sp³-hybridized carbons (Fsp3) is 0.571. The average molecular weight is 360 g/mol. The number of hydrogen-bond acceptors (Lipinski definition) is 3. The molecule has 1 saturated carbocycles. The van der Waals surface area contributed by atoms with Crippen molar-refractivity contribution in [2.75, 3.05) is 19.8 Å². The van der Waals surface area contributed by atoms with Gasteiger partial charge in [0.2, 0.25) is 10.0 Å². The molecule has 2 aliphatic rings. The average Bonchev–Trinajstić information content (AvgIpc) is 3.08. The molecule has 0 unspecified atom stereocenters. The molecule has 1 aromatic carbocycles. The van der Waals surface area contributed by atoms with Crippen molar-refractivity contribution in [3.05, 3.63) is 34.3 Å². The zero-order valence-electron chi connectivity index (χ0n) is 11.1. The van der Waals surface area contributed by atoms with Crippen LogP contribution in [0.1, 0.15) is 18.4 Å².